The van der Waals surface area contributed by atoms with E-state index < -0.39 is 53.4 Å². The molecule has 9 aromatic carbocycles. The molecule has 9 aromatic rings. The summed E-state index contributed by atoms with van der Waals surface area (Å²) < 4.78 is 85.6. The van der Waals surface area contributed by atoms with Crippen molar-refractivity contribution in [3.8, 4) is 56.8 Å². The topological polar surface area (TPSA) is 256 Å². The van der Waals surface area contributed by atoms with Crippen LogP contribution in [0.25, 0.3) is 22.3 Å². The number of sulfone groups is 1. The number of anilines is 3. The first-order valence-electron chi connectivity index (χ1n) is 23.9. The molecule has 0 atom stereocenters. The summed E-state index contributed by atoms with van der Waals surface area (Å²) in [6.07, 6.45) is 0. The molecule has 0 aromatic heterocycles. The molecule has 2 heterocycles. The summed E-state index contributed by atoms with van der Waals surface area (Å²) in [4.78, 5) is 54.8. The highest BCUT2D eigenvalue weighted by molar-refractivity contribution is 7.94. The van der Waals surface area contributed by atoms with Crippen LogP contribution in [0.2, 0.25) is 0 Å². The monoisotopic (exact) mass is 1130 g/mol. The third-order valence-electron chi connectivity index (χ3n) is 13.0. The van der Waals surface area contributed by atoms with Crippen LogP contribution in [0.3, 0.4) is 0 Å². The fourth-order valence-electron chi connectivity index (χ4n) is 8.96. The average Bonchev–Trinajstić information content (AvgIpc) is 3.86. The maximum absolute atomic E-state index is 13.9. The molecule has 0 unspecified atom stereocenters. The van der Waals surface area contributed by atoms with Crippen molar-refractivity contribution in [3.05, 3.63) is 222 Å². The third kappa shape index (κ3) is 10.3. The summed E-state index contributed by atoms with van der Waals surface area (Å²) in [5.74, 6) is -0.756. The number of imide groups is 2. The number of carbonyl (C=O) groups excluding carboxylic acids is 4. The van der Waals surface area contributed by atoms with E-state index in [0.29, 0.717) is 57.5 Å². The Hall–Kier alpha value is -9.45. The summed E-state index contributed by atoms with van der Waals surface area (Å²) >= 11 is 0.434. The number of nitrogen functional groups attached to an aromatic ring is 1. The summed E-state index contributed by atoms with van der Waals surface area (Å²) in [5.41, 5.74) is 11.6. The molecule has 21 heteroatoms. The van der Waals surface area contributed by atoms with E-state index in [-0.39, 0.29) is 49.3 Å². The second-order valence-corrected chi connectivity index (χ2v) is 22.2. The van der Waals surface area contributed by atoms with Gasteiger partial charge in [-0.15, -0.1) is 4.33 Å². The lowest BCUT2D eigenvalue weighted by atomic mass is 9.97. The Morgan fingerprint density at radius 1 is 0.450 bits per heavy atom. The molecule has 0 aliphatic carbocycles. The van der Waals surface area contributed by atoms with E-state index in [1.807, 2.05) is 19.1 Å². The number of hydrogen-bond donors (Lipinski definition) is 3. The maximum Gasteiger partial charge on any atom is 0.298 e. The van der Waals surface area contributed by atoms with E-state index in [2.05, 4.69) is 9.37 Å². The first-order valence-corrected chi connectivity index (χ1v) is 27.6. The molecule has 11 rings (SSSR count). The van der Waals surface area contributed by atoms with Gasteiger partial charge in [0.15, 0.2) is 0 Å². The van der Waals surface area contributed by atoms with Crippen LogP contribution in [-0.4, -0.2) is 50.3 Å². The number of carbonyl (C=O) groups is 4. The van der Waals surface area contributed by atoms with Crippen LogP contribution in [-0.2, 0) is 29.3 Å². The lowest BCUT2D eigenvalue weighted by Crippen LogP contribution is -2.29. The number of benzene rings is 9. The Morgan fingerprint density at radius 3 is 1.36 bits per heavy atom. The molecular formula is C59H39N3O15S3. The average molecular weight is 1130 g/mol. The van der Waals surface area contributed by atoms with E-state index in [1.54, 1.807) is 146 Å². The highest BCUT2D eigenvalue weighted by Gasteiger charge is 2.39. The largest absolute Gasteiger partial charge is 0.457 e. The van der Waals surface area contributed by atoms with Crippen LogP contribution in [0.4, 0.5) is 17.1 Å². The van der Waals surface area contributed by atoms with E-state index in [4.69, 9.17) is 25.2 Å². The van der Waals surface area contributed by atoms with Gasteiger partial charge in [0.05, 0.1) is 60.4 Å². The zero-order valence-corrected chi connectivity index (χ0v) is 43.8. The van der Waals surface area contributed by atoms with Gasteiger partial charge in [-0.2, -0.15) is 8.42 Å². The van der Waals surface area contributed by atoms with Gasteiger partial charge in [-0.25, -0.2) is 23.5 Å². The number of ether oxygens (including phenoxy) is 3. The predicted molar refractivity (Wildman–Crippen MR) is 294 cm³/mol. The first-order chi connectivity index (χ1) is 38.4. The number of nitrogens with zero attached hydrogens (tertiary/aromatic N) is 2. The van der Waals surface area contributed by atoms with Crippen molar-refractivity contribution in [1.82, 2.24) is 0 Å². The van der Waals surface area contributed by atoms with Gasteiger partial charge < -0.3 is 19.9 Å². The maximum atomic E-state index is 13.9. The van der Waals surface area contributed by atoms with Crippen LogP contribution >= 0.6 is 12.0 Å². The van der Waals surface area contributed by atoms with Crippen molar-refractivity contribution in [2.75, 3.05) is 15.5 Å². The molecule has 18 nitrogen and oxygen atoms in total. The fourth-order valence-corrected chi connectivity index (χ4v) is 11.5. The highest BCUT2D eigenvalue weighted by atomic mass is 32.2. The van der Waals surface area contributed by atoms with Crippen LogP contribution in [0.1, 0.15) is 47.0 Å². The molecule has 0 bridgehead atoms. The smallest absolute Gasteiger partial charge is 0.298 e. The Kier molecular flexibility index (Phi) is 13.9. The Morgan fingerprint density at radius 2 is 0.863 bits per heavy atom. The number of amides is 4. The van der Waals surface area contributed by atoms with Gasteiger partial charge in [0.2, 0.25) is 9.84 Å². The Labute approximate surface area is 460 Å². The number of rotatable bonds is 16. The van der Waals surface area contributed by atoms with Crippen LogP contribution in [0.15, 0.2) is 214 Å². The van der Waals surface area contributed by atoms with Gasteiger partial charge >= 0.3 is 0 Å². The molecule has 398 valence electrons. The fraction of sp³-hybridized carbons (Fsp3) is 0.0169. The molecule has 0 saturated heterocycles. The molecule has 2 aliphatic heterocycles. The summed E-state index contributed by atoms with van der Waals surface area (Å²) in [6.45, 7) is 1.91. The minimum atomic E-state index is -5.05. The Balaban J connectivity index is 0.733. The second-order valence-electron chi connectivity index (χ2n) is 18.1. The normalized spacial score (nSPS) is 13.1. The van der Waals surface area contributed by atoms with Gasteiger partial charge in [0.25, 0.3) is 33.7 Å². The molecule has 80 heavy (non-hydrogen) atoms. The van der Waals surface area contributed by atoms with Crippen molar-refractivity contribution in [2.45, 2.75) is 26.5 Å². The molecule has 2 aliphatic rings. The van der Waals surface area contributed by atoms with Crippen molar-refractivity contribution < 1.29 is 69.4 Å². The number of aryl methyl sites for hydroxylation is 1. The first kappa shape index (κ1) is 52.6. The van der Waals surface area contributed by atoms with E-state index >= 15 is 0 Å². The number of hydrogen-bond acceptors (Lipinski definition) is 16. The molecule has 0 saturated carbocycles. The zero-order chi connectivity index (χ0) is 56.0. The molecule has 0 radical (unpaired) electrons. The van der Waals surface area contributed by atoms with Gasteiger partial charge in [-0.05, 0) is 175 Å². The van der Waals surface area contributed by atoms with E-state index in [9.17, 15) is 40.6 Å². The zero-order valence-electron chi connectivity index (χ0n) is 41.4. The molecule has 4 N–H and O–H groups in total. The van der Waals surface area contributed by atoms with Crippen LogP contribution in [0, 0.1) is 6.92 Å². The lowest BCUT2D eigenvalue weighted by Gasteiger charge is -2.15. The quantitative estimate of drug-likeness (QED) is 0.0203. The van der Waals surface area contributed by atoms with Gasteiger partial charge in [-0.3, -0.25) is 23.7 Å². The SMILES string of the molecule is Cc1ccc(N2C(=O)c3ccc(-c4ccc5c(c4)C(=O)N(c4ccc(Oc6ccc(-c7ccc(Oc8ccc(S(=O)(=O)c9ccc(Oc%10ccc(N)cc%10)c(SOOO)c9)cc8S(=O)(=O)O)cc7)cc6)cc4)C5=O)cc3C2=O)cc1. The van der Waals surface area contributed by atoms with Gasteiger partial charge in [0.1, 0.15) is 39.4 Å². The van der Waals surface area contributed by atoms with Crippen molar-refractivity contribution in [3.63, 3.8) is 0 Å². The summed E-state index contributed by atoms with van der Waals surface area (Å²) in [6, 6.07) is 49.9. The molecule has 0 spiro atoms. The van der Waals surface area contributed by atoms with Crippen LogP contribution in [0.5, 0.6) is 34.5 Å². The standard InChI is InChI=1S/C59H39N3O15S3/c1-34-2-12-40(13-3-34)61-56(63)48-26-8-37(30-50(48)58(61)65)38-9-27-49-51(31-38)59(66)62(57(49)64)41-14-22-43(23-15-41)73-42-16-4-35(5-17-42)36-6-18-44(19-7-36)75-53-29-25-47(33-55(53)80(70,71)72)79(68,69)46-24-28-52(54(32-46)78-77-76-67)74-45-20-10-39(60)11-21-45/h2-33,67H,60H2,1H3,(H,70,71,72). The van der Waals surface area contributed by atoms with Crippen molar-refractivity contribution in [1.29, 1.82) is 0 Å². The van der Waals surface area contributed by atoms with E-state index in [0.717, 1.165) is 50.8 Å². The lowest BCUT2D eigenvalue weighted by molar-refractivity contribution is -0.432. The summed E-state index contributed by atoms with van der Waals surface area (Å²) in [7, 11) is -9.51. The highest BCUT2D eigenvalue weighted by Crippen LogP contribution is 2.40. The molecule has 0 fully saturated rings. The van der Waals surface area contributed by atoms with Gasteiger partial charge in [0, 0.05) is 5.69 Å². The molecule has 4 amide bonds. The number of fused-ring (bicyclic) bond motifs is 2. The molecular weight excluding hydrogens is 1090 g/mol. The van der Waals surface area contributed by atoms with Crippen molar-refractivity contribution >= 4 is 72.7 Å². The minimum Gasteiger partial charge on any atom is -0.457 e. The third-order valence-corrected chi connectivity index (χ3v) is 16.2. The Bertz CT molecular complexity index is 4220. The second kappa shape index (κ2) is 21.1. The van der Waals surface area contributed by atoms with Gasteiger partial charge in [-0.1, -0.05) is 59.1 Å². The summed E-state index contributed by atoms with van der Waals surface area (Å²) in [5, 5.41) is 12.5. The van der Waals surface area contributed by atoms with Crippen molar-refractivity contribution in [2.24, 2.45) is 0 Å². The predicted octanol–water partition coefficient (Wildman–Crippen LogP) is 12.4. The number of nitrogens with two attached hydrogens (primary N) is 1. The van der Waals surface area contributed by atoms with E-state index in [1.165, 1.54) is 12.1 Å². The minimum absolute atomic E-state index is 0.0490. The van der Waals surface area contributed by atoms with Crippen LogP contribution < -0.4 is 29.7 Å².